The molecule has 1 aromatic carbocycles. The van der Waals surface area contributed by atoms with Gasteiger partial charge in [0, 0.05) is 15.8 Å². The number of ether oxygens (including phenoxy) is 1. The number of hydrogen-bond acceptors (Lipinski definition) is 4. The molecule has 0 saturated carbocycles. The van der Waals surface area contributed by atoms with Crippen molar-refractivity contribution in [2.45, 2.75) is 26.2 Å². The normalized spacial score (nSPS) is 11.3. The van der Waals surface area contributed by atoms with Crippen LogP contribution in [0.25, 0.3) is 0 Å². The van der Waals surface area contributed by atoms with Crippen LogP contribution >= 0.6 is 22.9 Å². The smallest absolute Gasteiger partial charge is 0.261 e. The van der Waals surface area contributed by atoms with E-state index in [0.717, 1.165) is 5.69 Å². The van der Waals surface area contributed by atoms with E-state index in [1.54, 1.807) is 18.2 Å². The maximum absolute atomic E-state index is 12.3. The van der Waals surface area contributed by atoms with Crippen molar-refractivity contribution >= 4 is 34.0 Å². The predicted molar refractivity (Wildman–Crippen MR) is 86.8 cm³/mol. The van der Waals surface area contributed by atoms with E-state index < -0.39 is 0 Å². The second-order valence-corrected chi connectivity index (χ2v) is 6.88. The molecule has 0 aliphatic rings. The minimum absolute atomic E-state index is 0.0484. The molecule has 0 spiro atoms. The Morgan fingerprint density at radius 1 is 1.38 bits per heavy atom. The standard InChI is InChI=1S/C15H17ClN2O2S/c1-15(2,3)12-8-21-14(17-12)18-13(19)10-7-9(16)5-6-11(10)20-4/h5-8H,1-4H3,(H,17,18,19). The molecule has 1 N–H and O–H groups in total. The van der Waals surface area contributed by atoms with Crippen LogP contribution in [-0.2, 0) is 5.41 Å². The fraction of sp³-hybridized carbons (Fsp3) is 0.333. The first-order valence-corrected chi connectivity index (χ1v) is 7.68. The van der Waals surface area contributed by atoms with Crippen LogP contribution in [0.3, 0.4) is 0 Å². The van der Waals surface area contributed by atoms with Gasteiger partial charge in [0.05, 0.1) is 18.4 Å². The molecular formula is C15H17ClN2O2S. The Morgan fingerprint density at radius 3 is 2.67 bits per heavy atom. The first kappa shape index (κ1) is 15.8. The average molecular weight is 325 g/mol. The number of anilines is 1. The van der Waals surface area contributed by atoms with Crippen LogP contribution < -0.4 is 10.1 Å². The second kappa shape index (κ2) is 6.03. The molecular weight excluding hydrogens is 308 g/mol. The highest BCUT2D eigenvalue weighted by molar-refractivity contribution is 7.14. The van der Waals surface area contributed by atoms with Gasteiger partial charge in [-0.1, -0.05) is 32.4 Å². The van der Waals surface area contributed by atoms with Gasteiger partial charge in [-0.25, -0.2) is 4.98 Å². The number of carbonyl (C=O) groups is 1. The number of amides is 1. The third-order valence-electron chi connectivity index (χ3n) is 2.90. The molecule has 0 unspecified atom stereocenters. The molecule has 0 radical (unpaired) electrons. The summed E-state index contributed by atoms with van der Waals surface area (Å²) in [6, 6.07) is 4.92. The Balaban J connectivity index is 2.22. The van der Waals surface area contributed by atoms with Gasteiger partial charge in [-0.05, 0) is 18.2 Å². The van der Waals surface area contributed by atoms with Gasteiger partial charge in [0.15, 0.2) is 5.13 Å². The average Bonchev–Trinajstić information content (AvgIpc) is 2.87. The summed E-state index contributed by atoms with van der Waals surface area (Å²) in [4.78, 5) is 16.8. The van der Waals surface area contributed by atoms with E-state index in [9.17, 15) is 4.79 Å². The lowest BCUT2D eigenvalue weighted by Gasteiger charge is -2.14. The number of halogens is 1. The molecule has 112 valence electrons. The van der Waals surface area contributed by atoms with Crippen LogP contribution in [0.5, 0.6) is 5.75 Å². The molecule has 4 nitrogen and oxygen atoms in total. The van der Waals surface area contributed by atoms with E-state index in [1.165, 1.54) is 18.4 Å². The first-order chi connectivity index (χ1) is 9.81. The van der Waals surface area contributed by atoms with E-state index in [-0.39, 0.29) is 11.3 Å². The molecule has 0 saturated heterocycles. The first-order valence-electron chi connectivity index (χ1n) is 6.42. The van der Waals surface area contributed by atoms with Gasteiger partial charge < -0.3 is 4.74 Å². The predicted octanol–water partition coefficient (Wildman–Crippen LogP) is 4.35. The summed E-state index contributed by atoms with van der Waals surface area (Å²) in [6.07, 6.45) is 0. The number of aromatic nitrogens is 1. The molecule has 1 aromatic heterocycles. The maximum atomic E-state index is 12.3. The molecule has 0 aliphatic carbocycles. The van der Waals surface area contributed by atoms with Crippen molar-refractivity contribution in [3.05, 3.63) is 39.9 Å². The summed E-state index contributed by atoms with van der Waals surface area (Å²) < 4.78 is 5.18. The Kier molecular flexibility index (Phi) is 4.54. The number of rotatable bonds is 3. The topological polar surface area (TPSA) is 51.2 Å². The molecule has 1 heterocycles. The maximum Gasteiger partial charge on any atom is 0.261 e. The van der Waals surface area contributed by atoms with Crippen LogP contribution in [0.15, 0.2) is 23.6 Å². The van der Waals surface area contributed by atoms with Crippen LogP contribution in [-0.4, -0.2) is 18.0 Å². The minimum atomic E-state index is -0.288. The van der Waals surface area contributed by atoms with Crippen molar-refractivity contribution in [3.63, 3.8) is 0 Å². The van der Waals surface area contributed by atoms with Crippen LogP contribution in [0.2, 0.25) is 5.02 Å². The lowest BCUT2D eigenvalue weighted by Crippen LogP contribution is -2.15. The highest BCUT2D eigenvalue weighted by Gasteiger charge is 2.19. The zero-order chi connectivity index (χ0) is 15.6. The number of benzene rings is 1. The molecule has 0 atom stereocenters. The van der Waals surface area contributed by atoms with Gasteiger partial charge in [0.2, 0.25) is 0 Å². The molecule has 0 aliphatic heterocycles. The Morgan fingerprint density at radius 2 is 2.10 bits per heavy atom. The highest BCUT2D eigenvalue weighted by Crippen LogP contribution is 2.28. The summed E-state index contributed by atoms with van der Waals surface area (Å²) in [5.74, 6) is 0.189. The van der Waals surface area contributed by atoms with Crippen molar-refractivity contribution in [2.24, 2.45) is 0 Å². The molecule has 0 fully saturated rings. The zero-order valence-corrected chi connectivity index (χ0v) is 13.9. The Bertz CT molecular complexity index is 662. The van der Waals surface area contributed by atoms with E-state index >= 15 is 0 Å². The van der Waals surface area contributed by atoms with E-state index in [2.05, 4.69) is 31.1 Å². The highest BCUT2D eigenvalue weighted by atomic mass is 35.5. The Labute approximate surface area is 133 Å². The fourth-order valence-electron chi connectivity index (χ4n) is 1.70. The van der Waals surface area contributed by atoms with Gasteiger partial charge >= 0.3 is 0 Å². The van der Waals surface area contributed by atoms with Crippen molar-refractivity contribution in [1.29, 1.82) is 0 Å². The summed E-state index contributed by atoms with van der Waals surface area (Å²) in [6.45, 7) is 6.23. The van der Waals surface area contributed by atoms with Gasteiger partial charge in [0.1, 0.15) is 5.75 Å². The van der Waals surface area contributed by atoms with Gasteiger partial charge in [-0.3, -0.25) is 10.1 Å². The molecule has 0 bridgehead atoms. The van der Waals surface area contributed by atoms with Gasteiger partial charge in [-0.15, -0.1) is 11.3 Å². The summed E-state index contributed by atoms with van der Waals surface area (Å²) in [7, 11) is 1.51. The lowest BCUT2D eigenvalue weighted by atomic mass is 9.93. The largest absolute Gasteiger partial charge is 0.496 e. The van der Waals surface area contributed by atoms with E-state index in [1.807, 2.05) is 5.38 Å². The summed E-state index contributed by atoms with van der Waals surface area (Å²) in [5, 5.41) is 5.78. The lowest BCUT2D eigenvalue weighted by molar-refractivity contribution is 0.102. The fourth-order valence-corrected chi connectivity index (χ4v) is 2.80. The van der Waals surface area contributed by atoms with Crippen molar-refractivity contribution in [1.82, 2.24) is 4.98 Å². The molecule has 2 rings (SSSR count). The second-order valence-electron chi connectivity index (χ2n) is 5.59. The monoisotopic (exact) mass is 324 g/mol. The van der Waals surface area contributed by atoms with Crippen LogP contribution in [0, 0.1) is 0 Å². The van der Waals surface area contributed by atoms with Crippen LogP contribution in [0.1, 0.15) is 36.8 Å². The minimum Gasteiger partial charge on any atom is -0.496 e. The quantitative estimate of drug-likeness (QED) is 0.912. The van der Waals surface area contributed by atoms with Crippen molar-refractivity contribution in [3.8, 4) is 5.75 Å². The number of nitrogens with zero attached hydrogens (tertiary/aromatic N) is 1. The number of carbonyl (C=O) groups excluding carboxylic acids is 1. The number of thiazole rings is 1. The molecule has 6 heteroatoms. The third kappa shape index (κ3) is 3.74. The van der Waals surface area contributed by atoms with Crippen LogP contribution in [0.4, 0.5) is 5.13 Å². The number of nitrogens with one attached hydrogen (secondary N) is 1. The van der Waals surface area contributed by atoms with E-state index in [0.29, 0.717) is 21.5 Å². The SMILES string of the molecule is COc1ccc(Cl)cc1C(=O)Nc1nc(C(C)(C)C)cs1. The van der Waals surface area contributed by atoms with Crippen molar-refractivity contribution < 1.29 is 9.53 Å². The van der Waals surface area contributed by atoms with Gasteiger partial charge in [0.25, 0.3) is 5.91 Å². The third-order valence-corrected chi connectivity index (χ3v) is 3.89. The number of methoxy groups -OCH3 is 1. The number of hydrogen-bond donors (Lipinski definition) is 1. The van der Waals surface area contributed by atoms with E-state index in [4.69, 9.17) is 16.3 Å². The van der Waals surface area contributed by atoms with Crippen molar-refractivity contribution in [2.75, 3.05) is 12.4 Å². The van der Waals surface area contributed by atoms with Gasteiger partial charge in [-0.2, -0.15) is 0 Å². The molecule has 2 aromatic rings. The molecule has 1 amide bonds. The molecule has 21 heavy (non-hydrogen) atoms. The zero-order valence-electron chi connectivity index (χ0n) is 12.4. The summed E-state index contributed by atoms with van der Waals surface area (Å²) >= 11 is 7.34. The summed E-state index contributed by atoms with van der Waals surface area (Å²) in [5.41, 5.74) is 1.28. The Hall–Kier alpha value is -1.59.